The van der Waals surface area contributed by atoms with Crippen LogP contribution in [0.4, 0.5) is 0 Å². The zero-order valence-electron chi connectivity index (χ0n) is 13.5. The van der Waals surface area contributed by atoms with Crippen molar-refractivity contribution in [2.75, 3.05) is 13.2 Å². The van der Waals surface area contributed by atoms with Gasteiger partial charge >= 0.3 is 17.9 Å². The first-order chi connectivity index (χ1) is 11.3. The first kappa shape index (κ1) is 20.4. The Balaban J connectivity index is 3.04. The quantitative estimate of drug-likeness (QED) is 0.273. The number of terminal acetylenes is 1. The summed E-state index contributed by atoms with van der Waals surface area (Å²) in [6.45, 7) is 3.40. The van der Waals surface area contributed by atoms with Crippen LogP contribution in [0.2, 0.25) is 0 Å². The molecule has 0 aromatic carbocycles. The van der Waals surface area contributed by atoms with Crippen LogP contribution in [-0.2, 0) is 38.1 Å². The second kappa shape index (κ2) is 9.61. The van der Waals surface area contributed by atoms with Crippen LogP contribution in [-0.4, -0.2) is 60.6 Å². The molecule has 0 spiro atoms. The molecule has 5 atom stereocenters. The van der Waals surface area contributed by atoms with E-state index in [0.29, 0.717) is 0 Å². The Labute approximate surface area is 148 Å². The molecule has 1 saturated heterocycles. The van der Waals surface area contributed by atoms with Gasteiger partial charge in [0, 0.05) is 20.8 Å². The van der Waals surface area contributed by atoms with Crippen LogP contribution < -0.4 is 0 Å². The Morgan fingerprint density at radius 1 is 1.08 bits per heavy atom. The third-order valence-electron chi connectivity index (χ3n) is 2.96. The van der Waals surface area contributed by atoms with Crippen LogP contribution in [0.15, 0.2) is 0 Å². The molecule has 1 rings (SSSR count). The van der Waals surface area contributed by atoms with Crippen LogP contribution in [0.3, 0.4) is 0 Å². The fraction of sp³-hybridized carbons (Fsp3) is 0.667. The molecular weight excluding hydrogens is 388 g/mol. The molecule has 0 saturated carbocycles. The van der Waals surface area contributed by atoms with Gasteiger partial charge in [-0.1, -0.05) is 21.9 Å². The zero-order valence-corrected chi connectivity index (χ0v) is 15.1. The van der Waals surface area contributed by atoms with Gasteiger partial charge in [0.1, 0.15) is 24.1 Å². The Morgan fingerprint density at radius 3 is 2.17 bits per heavy atom. The largest absolute Gasteiger partial charge is 0.463 e. The van der Waals surface area contributed by atoms with E-state index in [1.54, 1.807) is 0 Å². The maximum Gasteiger partial charge on any atom is 0.303 e. The fourth-order valence-corrected chi connectivity index (χ4v) is 2.81. The van der Waals surface area contributed by atoms with E-state index in [1.807, 2.05) is 0 Å². The summed E-state index contributed by atoms with van der Waals surface area (Å²) in [6.07, 6.45) is 1.48. The highest BCUT2D eigenvalue weighted by Gasteiger charge is 2.49. The number of ether oxygens (including phenoxy) is 5. The smallest absolute Gasteiger partial charge is 0.303 e. The van der Waals surface area contributed by atoms with Gasteiger partial charge in [0.25, 0.3) is 0 Å². The van der Waals surface area contributed by atoms with Gasteiger partial charge in [0.15, 0.2) is 18.5 Å². The van der Waals surface area contributed by atoms with Crippen LogP contribution in [0.5, 0.6) is 0 Å². The van der Waals surface area contributed by atoms with Crippen molar-refractivity contribution in [1.82, 2.24) is 0 Å². The van der Waals surface area contributed by atoms with Crippen molar-refractivity contribution in [2.45, 2.75) is 50.2 Å². The van der Waals surface area contributed by atoms with E-state index in [4.69, 9.17) is 30.1 Å². The normalized spacial score (nSPS) is 29.2. The number of hydrogen-bond acceptors (Lipinski definition) is 8. The van der Waals surface area contributed by atoms with E-state index < -0.39 is 47.3 Å². The molecule has 1 aliphatic heterocycles. The molecule has 9 heteroatoms. The van der Waals surface area contributed by atoms with Crippen LogP contribution in [0.25, 0.3) is 0 Å². The molecular formula is C15H19BrO8. The third-order valence-corrected chi connectivity index (χ3v) is 3.91. The Kier molecular flexibility index (Phi) is 8.18. The highest BCUT2D eigenvalue weighted by atomic mass is 79.9. The van der Waals surface area contributed by atoms with E-state index in [9.17, 15) is 14.4 Å². The summed E-state index contributed by atoms with van der Waals surface area (Å²) in [5, 5.41) is 0. The first-order valence-electron chi connectivity index (χ1n) is 7.08. The Bertz CT molecular complexity index is 514. The number of esters is 3. The standard InChI is InChI=1S/C15H19BrO8/c1-5-6-20-15-12(16)14(23-10(4)19)13(22-9(3)18)11(24-15)7-21-8(2)17/h1,11-15H,6-7H2,2-4H3/t11-,12+,13-,14-,15+/m1/s1. The maximum atomic E-state index is 11.4. The lowest BCUT2D eigenvalue weighted by Crippen LogP contribution is -2.60. The molecule has 0 aliphatic carbocycles. The second-order valence-corrected chi connectivity index (χ2v) is 6.01. The minimum atomic E-state index is -0.985. The van der Waals surface area contributed by atoms with Gasteiger partial charge in [0.05, 0.1) is 0 Å². The summed E-state index contributed by atoms with van der Waals surface area (Å²) in [5.41, 5.74) is 0. The number of alkyl halides is 1. The molecule has 8 nitrogen and oxygen atoms in total. The van der Waals surface area contributed by atoms with Gasteiger partial charge in [-0.15, -0.1) is 6.42 Å². The third kappa shape index (κ3) is 6.11. The van der Waals surface area contributed by atoms with E-state index in [0.717, 1.165) is 0 Å². The van der Waals surface area contributed by atoms with Crippen molar-refractivity contribution in [3.8, 4) is 12.3 Å². The Hall–Kier alpha value is -1.63. The monoisotopic (exact) mass is 406 g/mol. The van der Waals surface area contributed by atoms with Crippen LogP contribution in [0, 0.1) is 12.3 Å². The van der Waals surface area contributed by atoms with Crippen molar-refractivity contribution in [3.05, 3.63) is 0 Å². The predicted molar refractivity (Wildman–Crippen MR) is 83.9 cm³/mol. The molecule has 1 aliphatic rings. The lowest BCUT2D eigenvalue weighted by Gasteiger charge is -2.42. The SMILES string of the molecule is C#CCO[C@H]1O[C@H](COC(C)=O)[C@@H](OC(C)=O)[C@H](OC(C)=O)[C@@H]1Br. The summed E-state index contributed by atoms with van der Waals surface area (Å²) in [5.74, 6) is 0.583. The number of halogens is 1. The predicted octanol–water partition coefficient (Wildman–Crippen LogP) is 0.551. The van der Waals surface area contributed by atoms with E-state index >= 15 is 0 Å². The highest BCUT2D eigenvalue weighted by Crippen LogP contribution is 2.31. The van der Waals surface area contributed by atoms with Crippen molar-refractivity contribution in [2.24, 2.45) is 0 Å². The minimum Gasteiger partial charge on any atom is -0.463 e. The second-order valence-electron chi connectivity index (χ2n) is 4.95. The molecule has 0 aromatic heterocycles. The number of hydrogen-bond donors (Lipinski definition) is 0. The van der Waals surface area contributed by atoms with Gasteiger partial charge in [-0.25, -0.2) is 0 Å². The van der Waals surface area contributed by atoms with E-state index in [2.05, 4.69) is 21.9 Å². The first-order valence-corrected chi connectivity index (χ1v) is 8.00. The van der Waals surface area contributed by atoms with Gasteiger partial charge < -0.3 is 23.7 Å². The average Bonchev–Trinajstić information content (AvgIpc) is 2.48. The lowest BCUT2D eigenvalue weighted by molar-refractivity contribution is -0.258. The molecule has 134 valence electrons. The van der Waals surface area contributed by atoms with E-state index in [1.165, 1.54) is 20.8 Å². The van der Waals surface area contributed by atoms with Gasteiger partial charge in [-0.2, -0.15) is 0 Å². The fourth-order valence-electron chi connectivity index (χ4n) is 2.13. The van der Waals surface area contributed by atoms with Gasteiger partial charge in [-0.05, 0) is 0 Å². The molecule has 0 aromatic rings. The van der Waals surface area contributed by atoms with E-state index in [-0.39, 0.29) is 13.2 Å². The maximum absolute atomic E-state index is 11.4. The van der Waals surface area contributed by atoms with Crippen molar-refractivity contribution in [1.29, 1.82) is 0 Å². The summed E-state index contributed by atoms with van der Waals surface area (Å²) < 4.78 is 26.4. The molecule has 24 heavy (non-hydrogen) atoms. The highest BCUT2D eigenvalue weighted by molar-refractivity contribution is 9.09. The average molecular weight is 407 g/mol. The molecule has 1 heterocycles. The molecule has 0 N–H and O–H groups in total. The van der Waals surface area contributed by atoms with Crippen molar-refractivity contribution < 1.29 is 38.1 Å². The lowest BCUT2D eigenvalue weighted by atomic mass is 10.0. The van der Waals surface area contributed by atoms with Crippen molar-refractivity contribution in [3.63, 3.8) is 0 Å². The summed E-state index contributed by atoms with van der Waals surface area (Å²) in [4.78, 5) is 33.2. The summed E-state index contributed by atoms with van der Waals surface area (Å²) in [7, 11) is 0. The number of carbonyl (C=O) groups is 3. The summed E-state index contributed by atoms with van der Waals surface area (Å²) in [6, 6.07) is 0. The molecule has 0 unspecified atom stereocenters. The van der Waals surface area contributed by atoms with Crippen LogP contribution in [0.1, 0.15) is 20.8 Å². The summed E-state index contributed by atoms with van der Waals surface area (Å²) >= 11 is 3.32. The van der Waals surface area contributed by atoms with Crippen molar-refractivity contribution >= 4 is 33.8 Å². The topological polar surface area (TPSA) is 97.4 Å². The van der Waals surface area contributed by atoms with Gasteiger partial charge in [-0.3, -0.25) is 14.4 Å². The molecule has 1 fully saturated rings. The molecule has 0 bridgehead atoms. The number of rotatable bonds is 6. The molecule has 0 radical (unpaired) electrons. The zero-order chi connectivity index (χ0) is 18.3. The van der Waals surface area contributed by atoms with Crippen LogP contribution >= 0.6 is 15.9 Å². The minimum absolute atomic E-state index is 0.0436. The van der Waals surface area contributed by atoms with Gasteiger partial charge in [0.2, 0.25) is 0 Å². The number of carbonyl (C=O) groups excluding carboxylic acids is 3. The molecule has 0 amide bonds. The Morgan fingerprint density at radius 2 is 1.67 bits per heavy atom.